The molecule has 1 aliphatic heterocycles. The number of aliphatic hydroxyl groups excluding tert-OH is 3. The van der Waals surface area contributed by atoms with E-state index in [4.69, 9.17) is 20.3 Å². The summed E-state index contributed by atoms with van der Waals surface area (Å²) in [5.74, 6) is 0.237. The molecule has 0 aromatic carbocycles. The molecule has 10 nitrogen and oxygen atoms in total. The van der Waals surface area contributed by atoms with Gasteiger partial charge in [0, 0.05) is 0 Å². The lowest BCUT2D eigenvalue weighted by molar-refractivity contribution is -0.0706. The van der Waals surface area contributed by atoms with Crippen LogP contribution in [0, 0.1) is 0 Å². The smallest absolute Gasteiger partial charge is 0.167 e. The van der Waals surface area contributed by atoms with Crippen LogP contribution < -0.4 is 5.73 Å². The lowest BCUT2D eigenvalue weighted by Crippen LogP contribution is -2.37. The Morgan fingerprint density at radius 3 is 2.88 bits per heavy atom. The van der Waals surface area contributed by atoms with Gasteiger partial charge in [0.1, 0.15) is 30.2 Å². The average Bonchev–Trinajstić information content (AvgIpc) is 3.14. The topological polar surface area (TPSA) is 149 Å². The molecule has 0 bridgehead atoms. The number of aromatic nitrogens is 4. The quantitative estimate of drug-likeness (QED) is 0.315. The molecule has 132 valence electrons. The van der Waals surface area contributed by atoms with Crippen molar-refractivity contribution in [1.29, 1.82) is 0 Å². The van der Waals surface area contributed by atoms with Crippen molar-refractivity contribution in [1.82, 2.24) is 19.5 Å². The summed E-state index contributed by atoms with van der Waals surface area (Å²) in [5.41, 5.74) is 6.65. The first-order valence-electron chi connectivity index (χ1n) is 7.30. The molecule has 2 aromatic heterocycles. The van der Waals surface area contributed by atoms with Crippen molar-refractivity contribution in [2.45, 2.75) is 28.5 Å². The molecule has 0 radical (unpaired) electrons. The first kappa shape index (κ1) is 17.7. The highest BCUT2D eigenvalue weighted by Crippen LogP contribution is 2.34. The van der Waals surface area contributed by atoms with E-state index >= 15 is 0 Å². The van der Waals surface area contributed by atoms with Gasteiger partial charge in [-0.1, -0.05) is 22.6 Å². The van der Waals surface area contributed by atoms with Gasteiger partial charge in [-0.15, -0.1) is 0 Å². The van der Waals surface area contributed by atoms with Crippen LogP contribution in [0.5, 0.6) is 0 Å². The van der Waals surface area contributed by atoms with Crippen LogP contribution in [-0.2, 0) is 9.47 Å². The van der Waals surface area contributed by atoms with Gasteiger partial charge in [0.25, 0.3) is 0 Å². The maximum absolute atomic E-state index is 10.4. The summed E-state index contributed by atoms with van der Waals surface area (Å²) in [5, 5.41) is 28.9. The first-order chi connectivity index (χ1) is 11.6. The zero-order valence-corrected chi connectivity index (χ0v) is 14.7. The molecule has 5 atom stereocenters. The van der Waals surface area contributed by atoms with Crippen LogP contribution in [0.1, 0.15) is 6.23 Å². The van der Waals surface area contributed by atoms with Gasteiger partial charge in [0.05, 0.1) is 30.1 Å². The van der Waals surface area contributed by atoms with E-state index in [-0.39, 0.29) is 29.6 Å². The third-order valence-electron chi connectivity index (χ3n) is 3.82. The van der Waals surface area contributed by atoms with Gasteiger partial charge in [-0.2, -0.15) is 0 Å². The Morgan fingerprint density at radius 1 is 1.38 bits per heavy atom. The molecule has 1 saturated heterocycles. The van der Waals surface area contributed by atoms with Crippen LogP contribution in [0.4, 0.5) is 5.82 Å². The van der Waals surface area contributed by atoms with Gasteiger partial charge in [0.15, 0.2) is 17.7 Å². The van der Waals surface area contributed by atoms with Gasteiger partial charge in [-0.3, -0.25) is 4.57 Å². The summed E-state index contributed by atoms with van der Waals surface area (Å²) in [6, 6.07) is 0. The van der Waals surface area contributed by atoms with Crippen LogP contribution in [-0.4, -0.2) is 76.9 Å². The number of imidazole rings is 1. The molecule has 24 heavy (non-hydrogen) atoms. The SMILES string of the molecule is Nc1ncnc2c1ncn2[C@@H]1O[C@H](CO)[C@@H](O)[C@H]1OCC(I)CO. The monoisotopic (exact) mass is 451 g/mol. The average molecular weight is 451 g/mol. The number of aliphatic hydroxyl groups is 3. The number of ether oxygens (including phenoxy) is 2. The highest BCUT2D eigenvalue weighted by molar-refractivity contribution is 14.1. The maximum Gasteiger partial charge on any atom is 0.167 e. The third-order valence-corrected chi connectivity index (χ3v) is 4.58. The van der Waals surface area contributed by atoms with Crippen molar-refractivity contribution >= 4 is 39.6 Å². The van der Waals surface area contributed by atoms with Crippen LogP contribution in [0.25, 0.3) is 11.2 Å². The Labute approximate surface area is 150 Å². The van der Waals surface area contributed by atoms with E-state index in [0.717, 1.165) is 0 Å². The number of nitrogen functional groups attached to an aromatic ring is 1. The number of rotatable bonds is 6. The Morgan fingerprint density at radius 2 is 2.17 bits per heavy atom. The summed E-state index contributed by atoms with van der Waals surface area (Å²) < 4.78 is 12.9. The molecule has 1 aliphatic rings. The molecule has 0 amide bonds. The highest BCUT2D eigenvalue weighted by atomic mass is 127. The second-order valence-corrected chi connectivity index (χ2v) is 7.16. The number of nitrogens with two attached hydrogens (primary N) is 1. The fraction of sp³-hybridized carbons (Fsp3) is 0.615. The molecule has 1 fully saturated rings. The molecule has 0 aliphatic carbocycles. The standard InChI is InChI=1S/C13H18IN5O5/c14-6(1-20)3-23-10-9(22)7(2-21)24-13(10)19-5-18-8-11(15)16-4-17-12(8)19/h4-7,9-10,13,20-22H,1-3H2,(H2,15,16,17)/t6?,7-,9-,10-,13-/m1/s1. The van der Waals surface area contributed by atoms with Gasteiger partial charge in [-0.25, -0.2) is 15.0 Å². The number of hydrogen-bond donors (Lipinski definition) is 4. The zero-order chi connectivity index (χ0) is 17.3. The predicted octanol–water partition coefficient (Wildman–Crippen LogP) is -1.16. The van der Waals surface area contributed by atoms with Gasteiger partial charge < -0.3 is 30.5 Å². The lowest BCUT2D eigenvalue weighted by atomic mass is 10.1. The van der Waals surface area contributed by atoms with E-state index in [1.807, 2.05) is 22.6 Å². The summed E-state index contributed by atoms with van der Waals surface area (Å²) in [4.78, 5) is 12.2. The van der Waals surface area contributed by atoms with Gasteiger partial charge in [0.2, 0.25) is 0 Å². The molecule has 2 aromatic rings. The Kier molecular flexibility index (Phi) is 5.46. The van der Waals surface area contributed by atoms with Crippen molar-refractivity contribution in [3.63, 3.8) is 0 Å². The molecule has 0 spiro atoms. The highest BCUT2D eigenvalue weighted by Gasteiger charge is 2.46. The summed E-state index contributed by atoms with van der Waals surface area (Å²) in [6.45, 7) is -0.175. The number of fused-ring (bicyclic) bond motifs is 1. The van der Waals surface area contributed by atoms with E-state index in [9.17, 15) is 10.2 Å². The fourth-order valence-electron chi connectivity index (χ4n) is 2.60. The van der Waals surface area contributed by atoms with E-state index in [0.29, 0.717) is 11.2 Å². The van der Waals surface area contributed by atoms with Crippen molar-refractivity contribution in [3.05, 3.63) is 12.7 Å². The minimum atomic E-state index is -1.03. The van der Waals surface area contributed by atoms with Gasteiger partial charge in [-0.05, 0) is 0 Å². The van der Waals surface area contributed by atoms with Crippen molar-refractivity contribution in [3.8, 4) is 0 Å². The lowest BCUT2D eigenvalue weighted by Gasteiger charge is -2.23. The molecule has 3 heterocycles. The predicted molar refractivity (Wildman–Crippen MR) is 91.4 cm³/mol. The number of alkyl halides is 1. The second-order valence-electron chi connectivity index (χ2n) is 5.40. The first-order valence-corrected chi connectivity index (χ1v) is 8.55. The number of anilines is 1. The second kappa shape index (κ2) is 7.41. The Balaban J connectivity index is 1.91. The fourth-order valence-corrected chi connectivity index (χ4v) is 2.81. The molecule has 3 rings (SSSR count). The molecule has 0 saturated carbocycles. The Bertz CT molecular complexity index is 700. The van der Waals surface area contributed by atoms with Crippen molar-refractivity contribution < 1.29 is 24.8 Å². The minimum absolute atomic E-state index is 0.0455. The number of hydrogen-bond acceptors (Lipinski definition) is 9. The van der Waals surface area contributed by atoms with Crippen LogP contribution in [0.15, 0.2) is 12.7 Å². The van der Waals surface area contributed by atoms with Crippen LogP contribution in [0.3, 0.4) is 0 Å². The zero-order valence-electron chi connectivity index (χ0n) is 12.6. The van der Waals surface area contributed by atoms with E-state index < -0.39 is 24.5 Å². The Hall–Kier alpha value is -1.12. The largest absolute Gasteiger partial charge is 0.395 e. The molecule has 1 unspecified atom stereocenters. The normalized spacial score (nSPS) is 28.5. The van der Waals surface area contributed by atoms with Gasteiger partial charge >= 0.3 is 0 Å². The molecule has 11 heteroatoms. The molecule has 5 N–H and O–H groups in total. The summed E-state index contributed by atoms with van der Waals surface area (Å²) in [6.07, 6.45) is -0.514. The summed E-state index contributed by atoms with van der Waals surface area (Å²) in [7, 11) is 0. The van der Waals surface area contributed by atoms with Crippen molar-refractivity contribution in [2.24, 2.45) is 0 Å². The summed E-state index contributed by atoms with van der Waals surface area (Å²) >= 11 is 2.05. The number of nitrogens with zero attached hydrogens (tertiary/aromatic N) is 4. The van der Waals surface area contributed by atoms with Crippen LogP contribution in [0.2, 0.25) is 0 Å². The third kappa shape index (κ3) is 3.19. The van der Waals surface area contributed by atoms with E-state index in [1.54, 1.807) is 4.57 Å². The van der Waals surface area contributed by atoms with E-state index in [2.05, 4.69) is 15.0 Å². The van der Waals surface area contributed by atoms with E-state index in [1.165, 1.54) is 12.7 Å². The molecular formula is C13H18IN5O5. The minimum Gasteiger partial charge on any atom is -0.395 e. The maximum atomic E-state index is 10.4. The number of halogens is 1. The van der Waals surface area contributed by atoms with Crippen molar-refractivity contribution in [2.75, 3.05) is 25.6 Å². The molecular weight excluding hydrogens is 433 g/mol. The van der Waals surface area contributed by atoms with Crippen LogP contribution >= 0.6 is 22.6 Å².